The summed E-state index contributed by atoms with van der Waals surface area (Å²) in [6, 6.07) is 30.2. The van der Waals surface area contributed by atoms with Crippen molar-refractivity contribution in [2.75, 3.05) is 0 Å². The van der Waals surface area contributed by atoms with E-state index in [2.05, 4.69) is 66.1 Å². The van der Waals surface area contributed by atoms with E-state index in [1.54, 1.807) is 6.08 Å². The lowest BCUT2D eigenvalue weighted by Crippen LogP contribution is -2.35. The van der Waals surface area contributed by atoms with Crippen LogP contribution in [-0.4, -0.2) is 16.7 Å². The number of hydrogen-bond donors (Lipinski definition) is 0. The van der Waals surface area contributed by atoms with E-state index in [1.807, 2.05) is 43.3 Å². The number of nitriles is 1. The number of hydrogen-bond acceptors (Lipinski definition) is 3. The number of Topliss-reactive ketones (excluding diaryl/α,β-unsaturated/α-hetero) is 1. The first-order valence-electron chi connectivity index (χ1n) is 11.1. The average Bonchev–Trinajstić information content (AvgIpc) is 3.04. The number of ketones is 1. The predicted molar refractivity (Wildman–Crippen MR) is 128 cm³/mol. The number of rotatable bonds is 7. The molecule has 1 aliphatic rings. The summed E-state index contributed by atoms with van der Waals surface area (Å²) in [6.07, 6.45) is 2.63. The highest BCUT2D eigenvalue weighted by molar-refractivity contribution is 5.96. The van der Waals surface area contributed by atoms with Crippen LogP contribution in [0.3, 0.4) is 0 Å². The van der Waals surface area contributed by atoms with Gasteiger partial charge in [0.15, 0.2) is 5.78 Å². The van der Waals surface area contributed by atoms with Crippen LogP contribution in [-0.2, 0) is 17.8 Å². The van der Waals surface area contributed by atoms with E-state index in [0.717, 1.165) is 22.3 Å². The highest BCUT2D eigenvalue weighted by Gasteiger charge is 2.59. The second-order valence-corrected chi connectivity index (χ2v) is 8.62. The number of likely N-dealkylation sites (tertiary alicyclic amines) is 1. The van der Waals surface area contributed by atoms with Crippen molar-refractivity contribution in [2.45, 2.75) is 38.4 Å². The molecule has 3 heteroatoms. The molecule has 3 nitrogen and oxygen atoms in total. The molecule has 1 aliphatic heterocycles. The van der Waals surface area contributed by atoms with Gasteiger partial charge in [-0.15, -0.1) is 6.58 Å². The van der Waals surface area contributed by atoms with Crippen molar-refractivity contribution in [2.24, 2.45) is 5.41 Å². The molecular weight excluding hydrogens is 392 g/mol. The van der Waals surface area contributed by atoms with E-state index in [9.17, 15) is 10.1 Å². The molecule has 32 heavy (non-hydrogen) atoms. The standard InChI is InChI=1S/C29H28N2O/c1-3-18-29(21-30)27(25-16-14-22(2)15-17-25)31(20-24-12-8-5-9-13-24)26(28(29)32)19-23-10-6-4-7-11-23/h3-17,26-27H,1,18-20H2,2H3/t26-,27-,29+/m0/s1. The summed E-state index contributed by atoms with van der Waals surface area (Å²) in [4.78, 5) is 16.2. The molecule has 160 valence electrons. The van der Waals surface area contributed by atoms with Crippen LogP contribution in [0.25, 0.3) is 0 Å². The summed E-state index contributed by atoms with van der Waals surface area (Å²) in [5.74, 6) is -0.00902. The molecule has 0 unspecified atom stereocenters. The predicted octanol–water partition coefficient (Wildman–Crippen LogP) is 5.82. The van der Waals surface area contributed by atoms with Gasteiger partial charge in [-0.2, -0.15) is 5.26 Å². The van der Waals surface area contributed by atoms with Gasteiger partial charge in [0.05, 0.1) is 18.2 Å². The summed E-state index contributed by atoms with van der Waals surface area (Å²) in [5.41, 5.74) is 3.21. The maximum absolute atomic E-state index is 14.0. The zero-order chi connectivity index (χ0) is 22.6. The summed E-state index contributed by atoms with van der Waals surface area (Å²) in [5, 5.41) is 10.4. The van der Waals surface area contributed by atoms with Crippen LogP contribution in [0.4, 0.5) is 0 Å². The SMILES string of the molecule is C=CC[C@]1(C#N)C(=O)[C@H](Cc2ccccc2)N(Cc2ccccc2)[C@H]1c1ccc(C)cc1. The van der Waals surface area contributed by atoms with E-state index in [1.165, 1.54) is 0 Å². The van der Waals surface area contributed by atoms with Crippen molar-refractivity contribution in [3.05, 3.63) is 120 Å². The van der Waals surface area contributed by atoms with Gasteiger partial charge in [0.1, 0.15) is 5.41 Å². The van der Waals surface area contributed by atoms with Gasteiger partial charge in [-0.1, -0.05) is 96.6 Å². The van der Waals surface area contributed by atoms with E-state index in [-0.39, 0.29) is 17.9 Å². The zero-order valence-electron chi connectivity index (χ0n) is 18.4. The molecule has 0 spiro atoms. The maximum atomic E-state index is 14.0. The van der Waals surface area contributed by atoms with Crippen molar-refractivity contribution in [3.8, 4) is 6.07 Å². The van der Waals surface area contributed by atoms with E-state index < -0.39 is 5.41 Å². The number of nitrogens with zero attached hydrogens (tertiary/aromatic N) is 2. The highest BCUT2D eigenvalue weighted by Crippen LogP contribution is 2.51. The third kappa shape index (κ3) is 4.02. The molecule has 0 aliphatic carbocycles. The third-order valence-electron chi connectivity index (χ3n) is 6.48. The number of benzene rings is 3. The Morgan fingerprint density at radius 3 is 2.12 bits per heavy atom. The normalized spacial score (nSPS) is 23.1. The molecule has 0 N–H and O–H groups in total. The summed E-state index contributed by atoms with van der Waals surface area (Å²) >= 11 is 0. The Kier molecular flexibility index (Phi) is 6.35. The van der Waals surface area contributed by atoms with Crippen molar-refractivity contribution in [1.82, 2.24) is 4.90 Å². The first-order valence-corrected chi connectivity index (χ1v) is 11.1. The van der Waals surface area contributed by atoms with Crippen LogP contribution in [0.5, 0.6) is 0 Å². The lowest BCUT2D eigenvalue weighted by molar-refractivity contribution is -0.125. The van der Waals surface area contributed by atoms with Crippen LogP contribution in [0, 0.1) is 23.7 Å². The minimum Gasteiger partial charge on any atom is -0.296 e. The van der Waals surface area contributed by atoms with Crippen LogP contribution < -0.4 is 0 Å². The molecule has 1 heterocycles. The van der Waals surface area contributed by atoms with Gasteiger partial charge in [-0.3, -0.25) is 9.69 Å². The number of carbonyl (C=O) groups is 1. The quantitative estimate of drug-likeness (QED) is 0.453. The third-order valence-corrected chi connectivity index (χ3v) is 6.48. The highest BCUT2D eigenvalue weighted by atomic mass is 16.1. The monoisotopic (exact) mass is 420 g/mol. The van der Waals surface area contributed by atoms with Crippen molar-refractivity contribution < 1.29 is 4.79 Å². The Bertz CT molecular complexity index is 1120. The topological polar surface area (TPSA) is 44.1 Å². The smallest absolute Gasteiger partial charge is 0.172 e. The summed E-state index contributed by atoms with van der Waals surface area (Å²) in [6.45, 7) is 6.54. The van der Waals surface area contributed by atoms with Gasteiger partial charge in [0.25, 0.3) is 0 Å². The lowest BCUT2D eigenvalue weighted by atomic mass is 9.74. The number of allylic oxidation sites excluding steroid dienone is 1. The second kappa shape index (κ2) is 9.34. The van der Waals surface area contributed by atoms with Crippen LogP contribution >= 0.6 is 0 Å². The molecule has 0 bridgehead atoms. The Balaban J connectivity index is 1.85. The van der Waals surface area contributed by atoms with Gasteiger partial charge in [-0.25, -0.2) is 0 Å². The van der Waals surface area contributed by atoms with Gasteiger partial charge in [0, 0.05) is 6.54 Å². The maximum Gasteiger partial charge on any atom is 0.172 e. The molecular formula is C29H28N2O. The Labute approximate surface area is 190 Å². The molecule has 0 amide bonds. The second-order valence-electron chi connectivity index (χ2n) is 8.62. The average molecular weight is 421 g/mol. The largest absolute Gasteiger partial charge is 0.296 e. The van der Waals surface area contributed by atoms with Crippen LogP contribution in [0.1, 0.15) is 34.7 Å². The Hall–Kier alpha value is -3.48. The van der Waals surface area contributed by atoms with Crippen molar-refractivity contribution in [1.29, 1.82) is 5.26 Å². The molecule has 1 saturated heterocycles. The van der Waals surface area contributed by atoms with E-state index in [0.29, 0.717) is 19.4 Å². The number of aryl methyl sites for hydroxylation is 1. The summed E-state index contributed by atoms with van der Waals surface area (Å²) < 4.78 is 0. The first-order chi connectivity index (χ1) is 15.6. The molecule has 0 saturated carbocycles. The molecule has 0 aromatic heterocycles. The lowest BCUT2D eigenvalue weighted by Gasteiger charge is -2.33. The van der Waals surface area contributed by atoms with Gasteiger partial charge in [-0.05, 0) is 36.5 Å². The Morgan fingerprint density at radius 2 is 1.56 bits per heavy atom. The van der Waals surface area contributed by atoms with E-state index in [4.69, 9.17) is 0 Å². The minimum absolute atomic E-state index is 0.00902. The molecule has 3 aromatic rings. The van der Waals surface area contributed by atoms with E-state index >= 15 is 0 Å². The first kappa shape index (κ1) is 21.7. The number of carbonyl (C=O) groups excluding carboxylic acids is 1. The fourth-order valence-electron chi connectivity index (χ4n) is 4.92. The molecule has 4 rings (SSSR count). The zero-order valence-corrected chi connectivity index (χ0v) is 18.4. The van der Waals surface area contributed by atoms with Gasteiger partial charge < -0.3 is 0 Å². The Morgan fingerprint density at radius 1 is 0.969 bits per heavy atom. The fourth-order valence-corrected chi connectivity index (χ4v) is 4.92. The minimum atomic E-state index is -1.16. The summed E-state index contributed by atoms with van der Waals surface area (Å²) in [7, 11) is 0. The molecule has 1 fully saturated rings. The molecule has 3 aromatic carbocycles. The van der Waals surface area contributed by atoms with Crippen molar-refractivity contribution >= 4 is 5.78 Å². The van der Waals surface area contributed by atoms with Crippen molar-refractivity contribution in [3.63, 3.8) is 0 Å². The fraction of sp³-hybridized carbons (Fsp3) is 0.241. The van der Waals surface area contributed by atoms with Gasteiger partial charge >= 0.3 is 0 Å². The van der Waals surface area contributed by atoms with Gasteiger partial charge in [0.2, 0.25) is 0 Å². The van der Waals surface area contributed by atoms with Crippen LogP contribution in [0.15, 0.2) is 97.6 Å². The molecule has 0 radical (unpaired) electrons. The molecule has 3 atom stereocenters. The van der Waals surface area contributed by atoms with Crippen LogP contribution in [0.2, 0.25) is 0 Å².